The molecule has 0 atom stereocenters. The van der Waals surface area contributed by atoms with Gasteiger partial charge in [0, 0.05) is 0 Å². The van der Waals surface area contributed by atoms with Gasteiger partial charge >= 0.3 is 12.1 Å². The molecule has 0 fully saturated rings. The van der Waals surface area contributed by atoms with Crippen LogP contribution in [0.25, 0.3) is 0 Å². The first-order valence-corrected chi connectivity index (χ1v) is 5.21. The highest BCUT2D eigenvalue weighted by Crippen LogP contribution is 2.39. The van der Waals surface area contributed by atoms with Gasteiger partial charge in [-0.15, -0.1) is 0 Å². The quantitative estimate of drug-likeness (QED) is 0.760. The Morgan fingerprint density at radius 1 is 1.44 bits per heavy atom. The van der Waals surface area contributed by atoms with Crippen LogP contribution in [0.3, 0.4) is 0 Å². The number of hydrogen-bond donors (Lipinski definition) is 0. The van der Waals surface area contributed by atoms with E-state index in [1.807, 2.05) is 0 Å². The lowest BCUT2D eigenvalue weighted by Crippen LogP contribution is -2.14. The molecule has 3 nitrogen and oxygen atoms in total. The molecule has 0 aliphatic rings. The highest BCUT2D eigenvalue weighted by molar-refractivity contribution is 7.08. The largest absolute Gasteiger partial charge is 0.465 e. The molecule has 0 N–H and O–H groups in total. The van der Waals surface area contributed by atoms with E-state index in [0.717, 1.165) is 7.11 Å². The molecule has 90 valence electrons. The number of ether oxygens (including phenoxy) is 1. The average Bonchev–Trinajstić information content (AvgIpc) is 2.59. The number of alkyl halides is 3. The van der Waals surface area contributed by atoms with Gasteiger partial charge in [-0.05, 0) is 17.5 Å². The molecule has 1 heterocycles. The summed E-state index contributed by atoms with van der Waals surface area (Å²) >= 11 is 0.520. The van der Waals surface area contributed by atoms with Gasteiger partial charge in [0.05, 0.1) is 12.8 Å². The van der Waals surface area contributed by atoms with Gasteiger partial charge in [0.25, 0.3) is 0 Å². The van der Waals surface area contributed by atoms with Gasteiger partial charge in [-0.25, -0.2) is 4.79 Å². The van der Waals surface area contributed by atoms with Gasteiger partial charge in [0.1, 0.15) is 10.4 Å². The fraction of sp³-hybridized carbons (Fsp3) is 0.556. The van der Waals surface area contributed by atoms with Gasteiger partial charge in [0.2, 0.25) is 0 Å². The minimum atomic E-state index is -4.59. The summed E-state index contributed by atoms with van der Waals surface area (Å²) in [5, 5.41) is 0. The zero-order valence-corrected chi connectivity index (χ0v) is 9.70. The number of methoxy groups -OCH3 is 1. The standard InChI is InChI=1S/C9H10F3NO2S/c1-4(2)6-5(9(10,11)12)7(16-13-6)8(14)15-3/h4H,1-3H3. The van der Waals surface area contributed by atoms with Crippen molar-refractivity contribution in [3.8, 4) is 0 Å². The maximum Gasteiger partial charge on any atom is 0.419 e. The van der Waals surface area contributed by atoms with Gasteiger partial charge in [-0.3, -0.25) is 0 Å². The molecule has 16 heavy (non-hydrogen) atoms. The number of carbonyl (C=O) groups excluding carboxylic acids is 1. The predicted molar refractivity (Wildman–Crippen MR) is 52.5 cm³/mol. The van der Waals surface area contributed by atoms with E-state index in [1.165, 1.54) is 0 Å². The zero-order chi connectivity index (χ0) is 12.5. The number of halogens is 3. The third kappa shape index (κ3) is 2.34. The van der Waals surface area contributed by atoms with Crippen LogP contribution in [0.5, 0.6) is 0 Å². The van der Waals surface area contributed by atoms with Crippen LogP contribution in [0.2, 0.25) is 0 Å². The van der Waals surface area contributed by atoms with Crippen LogP contribution in [-0.4, -0.2) is 17.5 Å². The molecular formula is C9H10F3NO2S. The summed E-state index contributed by atoms with van der Waals surface area (Å²) < 4.78 is 46.2. The van der Waals surface area contributed by atoms with Crippen molar-refractivity contribution in [2.45, 2.75) is 25.9 Å². The van der Waals surface area contributed by atoms with Crippen molar-refractivity contribution >= 4 is 17.5 Å². The number of rotatable bonds is 2. The van der Waals surface area contributed by atoms with Crippen LogP contribution in [0, 0.1) is 0 Å². The molecule has 1 aromatic heterocycles. The Morgan fingerprint density at radius 2 is 2.00 bits per heavy atom. The van der Waals surface area contributed by atoms with E-state index < -0.39 is 28.5 Å². The maximum absolute atomic E-state index is 12.8. The first-order chi connectivity index (χ1) is 7.29. The lowest BCUT2D eigenvalue weighted by molar-refractivity contribution is -0.138. The number of aromatic nitrogens is 1. The molecule has 0 saturated heterocycles. The molecule has 0 bridgehead atoms. The predicted octanol–water partition coefficient (Wildman–Crippen LogP) is 3.07. The van der Waals surface area contributed by atoms with Crippen LogP contribution in [-0.2, 0) is 10.9 Å². The number of nitrogens with zero attached hydrogens (tertiary/aromatic N) is 1. The topological polar surface area (TPSA) is 39.2 Å². The molecule has 0 unspecified atom stereocenters. The zero-order valence-electron chi connectivity index (χ0n) is 8.88. The highest BCUT2D eigenvalue weighted by atomic mass is 32.1. The molecular weight excluding hydrogens is 243 g/mol. The van der Waals surface area contributed by atoms with Crippen molar-refractivity contribution in [1.29, 1.82) is 0 Å². The van der Waals surface area contributed by atoms with Crippen LogP contribution in [0.1, 0.15) is 40.7 Å². The van der Waals surface area contributed by atoms with Gasteiger partial charge in [-0.1, -0.05) is 13.8 Å². The molecule has 0 radical (unpaired) electrons. The van der Waals surface area contributed by atoms with E-state index in [-0.39, 0.29) is 5.69 Å². The summed E-state index contributed by atoms with van der Waals surface area (Å²) in [4.78, 5) is 10.7. The van der Waals surface area contributed by atoms with Crippen LogP contribution < -0.4 is 0 Å². The molecule has 0 aliphatic carbocycles. The van der Waals surface area contributed by atoms with Crippen LogP contribution in [0.4, 0.5) is 13.2 Å². The monoisotopic (exact) mass is 253 g/mol. The van der Waals surface area contributed by atoms with E-state index in [4.69, 9.17) is 0 Å². The van der Waals surface area contributed by atoms with Crippen molar-refractivity contribution in [2.24, 2.45) is 0 Å². The fourth-order valence-electron chi connectivity index (χ4n) is 1.20. The van der Waals surface area contributed by atoms with E-state index >= 15 is 0 Å². The maximum atomic E-state index is 12.8. The van der Waals surface area contributed by atoms with E-state index in [0.29, 0.717) is 11.5 Å². The second-order valence-corrected chi connectivity index (χ2v) is 4.19. The minimum Gasteiger partial charge on any atom is -0.465 e. The minimum absolute atomic E-state index is 0.113. The molecule has 1 rings (SSSR count). The summed E-state index contributed by atoms with van der Waals surface area (Å²) in [7, 11) is 1.04. The Hall–Kier alpha value is -1.11. The fourth-order valence-corrected chi connectivity index (χ4v) is 2.16. The number of esters is 1. The van der Waals surface area contributed by atoms with Gasteiger partial charge < -0.3 is 4.74 Å². The third-order valence-corrected chi connectivity index (χ3v) is 2.76. The first kappa shape index (κ1) is 13.0. The van der Waals surface area contributed by atoms with Gasteiger partial charge in [-0.2, -0.15) is 17.5 Å². The molecule has 0 aliphatic heterocycles. The first-order valence-electron chi connectivity index (χ1n) is 4.44. The second-order valence-electron chi connectivity index (χ2n) is 3.42. The Balaban J connectivity index is 3.37. The molecule has 0 aromatic carbocycles. The highest BCUT2D eigenvalue weighted by Gasteiger charge is 2.41. The molecule has 7 heteroatoms. The molecule has 0 amide bonds. The Kier molecular flexibility index (Phi) is 3.57. The summed E-state index contributed by atoms with van der Waals surface area (Å²) in [5.41, 5.74) is -1.09. The third-order valence-electron chi connectivity index (χ3n) is 1.92. The normalized spacial score (nSPS) is 11.9. The van der Waals surface area contributed by atoms with Crippen molar-refractivity contribution in [2.75, 3.05) is 7.11 Å². The number of carbonyl (C=O) groups is 1. The molecule has 0 saturated carbocycles. The summed E-state index contributed by atoms with van der Waals surface area (Å²) in [6, 6.07) is 0. The Morgan fingerprint density at radius 3 is 2.38 bits per heavy atom. The van der Waals surface area contributed by atoms with E-state index in [1.54, 1.807) is 13.8 Å². The lowest BCUT2D eigenvalue weighted by atomic mass is 10.0. The van der Waals surface area contributed by atoms with Crippen LogP contribution in [0.15, 0.2) is 0 Å². The van der Waals surface area contributed by atoms with Gasteiger partial charge in [0.15, 0.2) is 0 Å². The Labute approximate surface area is 94.4 Å². The van der Waals surface area contributed by atoms with Crippen molar-refractivity contribution in [3.63, 3.8) is 0 Å². The van der Waals surface area contributed by atoms with Crippen LogP contribution >= 0.6 is 11.5 Å². The average molecular weight is 253 g/mol. The number of hydrogen-bond acceptors (Lipinski definition) is 4. The Bertz CT molecular complexity index is 398. The SMILES string of the molecule is COC(=O)c1snc(C(C)C)c1C(F)(F)F. The van der Waals surface area contributed by atoms with Crippen molar-refractivity contribution in [3.05, 3.63) is 16.1 Å². The smallest absolute Gasteiger partial charge is 0.419 e. The van der Waals surface area contributed by atoms with E-state index in [2.05, 4.69) is 9.11 Å². The summed E-state index contributed by atoms with van der Waals surface area (Å²) in [5.74, 6) is -1.40. The molecule has 1 aromatic rings. The van der Waals surface area contributed by atoms with E-state index in [9.17, 15) is 18.0 Å². The molecule has 0 spiro atoms. The summed E-state index contributed by atoms with van der Waals surface area (Å²) in [6.07, 6.45) is -4.59. The second kappa shape index (κ2) is 4.40. The lowest BCUT2D eigenvalue weighted by Gasteiger charge is -2.10. The summed E-state index contributed by atoms with van der Waals surface area (Å²) in [6.45, 7) is 3.18. The van der Waals surface area contributed by atoms with Crippen molar-refractivity contribution in [1.82, 2.24) is 4.37 Å². The van der Waals surface area contributed by atoms with Crippen molar-refractivity contribution < 1.29 is 22.7 Å².